The summed E-state index contributed by atoms with van der Waals surface area (Å²) in [7, 11) is -11.1. The van der Waals surface area contributed by atoms with Crippen molar-refractivity contribution in [3.05, 3.63) is 0 Å². The Morgan fingerprint density at radius 2 is 1.13 bits per heavy atom. The predicted octanol–water partition coefficient (Wildman–Crippen LogP) is -10.6. The standard InChI is InChI=1S/C33H54N2O32S3/c1-9-16(38)24(26(29(44)45)62-30(9)58-22-14(34-10(2)36)27(33(4,5)6)56-13(8-55-70(51,52)53)21(22)64-68-67-66-47)60-31-15(35-11(3)37)23(20(63-65-46)12(57-31)7-54-69(48,49)50)59-32-19(41)17(39)18(40)25(61-32)28(42)43/h9,12-27,30-32,38-41,46-47H,7-8H2,1-6H3,(H,34,36)(H,35,37)(H,42,43)(H,44,45)(H,48,49,50)(H,51,52,53)/p-6. The lowest BCUT2D eigenvalue weighted by Crippen LogP contribution is -2.71. The Kier molecular flexibility index (Phi) is 21.3. The van der Waals surface area contributed by atoms with Crippen LogP contribution in [-0.2, 0) is 105 Å². The van der Waals surface area contributed by atoms with Crippen molar-refractivity contribution in [2.75, 3.05) is 13.2 Å². The van der Waals surface area contributed by atoms with E-state index in [0.29, 0.717) is 0 Å². The van der Waals surface area contributed by atoms with Gasteiger partial charge in [0, 0.05) is 19.8 Å². The number of carboxylic acid groups (broad SMARTS) is 2. The Labute approximate surface area is 400 Å². The van der Waals surface area contributed by atoms with Crippen LogP contribution in [0.4, 0.5) is 0 Å². The van der Waals surface area contributed by atoms with Gasteiger partial charge in [0.1, 0.15) is 79.3 Å². The van der Waals surface area contributed by atoms with Gasteiger partial charge < -0.3 is 104 Å². The highest BCUT2D eigenvalue weighted by Crippen LogP contribution is 2.41. The van der Waals surface area contributed by atoms with Crippen LogP contribution in [0.5, 0.6) is 0 Å². The van der Waals surface area contributed by atoms with Crippen molar-refractivity contribution in [3.63, 3.8) is 0 Å². The van der Waals surface area contributed by atoms with E-state index in [9.17, 15) is 86.3 Å². The highest BCUT2D eigenvalue weighted by atomic mass is 32.3. The molecule has 6 N–H and O–H groups in total. The number of hydrogen-bond donors (Lipinski definition) is 6. The predicted molar refractivity (Wildman–Crippen MR) is 199 cm³/mol. The first-order chi connectivity index (χ1) is 32.4. The van der Waals surface area contributed by atoms with Gasteiger partial charge in [-0.2, -0.15) is 0 Å². The second kappa shape index (κ2) is 25.0. The molecule has 4 saturated heterocycles. The molecule has 0 spiro atoms. The van der Waals surface area contributed by atoms with Crippen LogP contribution in [0.3, 0.4) is 0 Å². The Hall–Kier alpha value is -2.75. The molecule has 2 amide bonds. The highest BCUT2D eigenvalue weighted by Gasteiger charge is 2.58. The molecule has 0 aromatic rings. The second-order valence-corrected chi connectivity index (χ2v) is 19.4. The van der Waals surface area contributed by atoms with Crippen molar-refractivity contribution in [3.8, 4) is 0 Å². The molecule has 0 bridgehead atoms. The number of aliphatic hydroxyl groups excluding tert-OH is 4. The van der Waals surface area contributed by atoms with Gasteiger partial charge in [0.25, 0.3) is 0 Å². The molecule has 0 radical (unpaired) electrons. The number of nitrogens with one attached hydrogen (secondary N) is 2. The van der Waals surface area contributed by atoms with Crippen LogP contribution in [0.1, 0.15) is 41.5 Å². The molecule has 34 nitrogen and oxygen atoms in total. The van der Waals surface area contributed by atoms with E-state index in [1.165, 1.54) is 0 Å². The molecule has 0 aliphatic carbocycles. The van der Waals surface area contributed by atoms with Crippen molar-refractivity contribution in [1.82, 2.24) is 10.6 Å². The third-order valence-corrected chi connectivity index (χ3v) is 12.1. The molecule has 4 fully saturated rings. The summed E-state index contributed by atoms with van der Waals surface area (Å²) in [6.45, 7) is 5.27. The van der Waals surface area contributed by atoms with Crippen LogP contribution in [0.15, 0.2) is 0 Å². The number of rotatable bonds is 22. The third-order valence-electron chi connectivity index (χ3n) is 10.8. The van der Waals surface area contributed by atoms with Gasteiger partial charge >= 0.3 is 0 Å². The Morgan fingerprint density at radius 3 is 1.63 bits per heavy atom. The van der Waals surface area contributed by atoms with E-state index in [-0.39, 0.29) is 12.3 Å². The maximum atomic E-state index is 12.9. The van der Waals surface area contributed by atoms with Crippen molar-refractivity contribution >= 4 is 56.9 Å². The molecular weight excluding hydrogens is 1030 g/mol. The maximum Gasteiger partial charge on any atom is 0.217 e. The van der Waals surface area contributed by atoms with Crippen molar-refractivity contribution in [2.24, 2.45) is 11.3 Å². The highest BCUT2D eigenvalue weighted by molar-refractivity contribution is 7.89. The molecule has 4 heterocycles. The molecule has 0 saturated carbocycles. The molecule has 406 valence electrons. The topological polar surface area (TPSA) is 509 Å². The molecule has 20 unspecified atom stereocenters. The van der Waals surface area contributed by atoms with E-state index < -0.39 is 186 Å². The fourth-order valence-electron chi connectivity index (χ4n) is 7.83. The SMILES string of the molecule is CC(=O)NC1C(OC2C(C(=O)[O-])OC(OC3C(NC(C)=O)C(C(C)(C)C)OC(COS(=O)(=O)[O-])C3OSOO[O-])C(C)C2O)OC(COS(=O)(=O)[O-])C(OO[O-])C1OC1OC(C(=O)[O-])C(O)C(O)C1O. The summed E-state index contributed by atoms with van der Waals surface area (Å²) in [5, 5.41) is 102. The lowest BCUT2D eigenvalue weighted by Gasteiger charge is -2.52. The zero-order valence-corrected chi connectivity index (χ0v) is 39.4. The van der Waals surface area contributed by atoms with Crippen molar-refractivity contribution < 1.29 is 151 Å². The lowest BCUT2D eigenvalue weighted by molar-refractivity contribution is -0.808. The zero-order valence-electron chi connectivity index (χ0n) is 36.9. The van der Waals surface area contributed by atoms with Crippen LogP contribution >= 0.6 is 12.3 Å². The molecule has 70 heavy (non-hydrogen) atoms. The number of aliphatic carboxylic acids is 2. The van der Waals surface area contributed by atoms with Crippen LogP contribution in [0.2, 0.25) is 0 Å². The summed E-state index contributed by atoms with van der Waals surface area (Å²) < 4.78 is 128. The Morgan fingerprint density at radius 1 is 0.629 bits per heavy atom. The van der Waals surface area contributed by atoms with E-state index in [0.717, 1.165) is 20.8 Å². The normalized spacial score (nSPS) is 38.7. The lowest BCUT2D eigenvalue weighted by atomic mass is 9.78. The first-order valence-corrected chi connectivity index (χ1v) is 23.4. The minimum atomic E-state index is -5.65. The van der Waals surface area contributed by atoms with Crippen LogP contribution in [0, 0.1) is 11.3 Å². The molecular formula is C33H48N2O32S3-6. The van der Waals surface area contributed by atoms with E-state index in [2.05, 4.69) is 38.3 Å². The molecule has 20 atom stereocenters. The van der Waals surface area contributed by atoms with Crippen molar-refractivity contribution in [2.45, 2.75) is 158 Å². The average molecular weight is 1080 g/mol. The minimum absolute atomic E-state index is 0.183. The van der Waals surface area contributed by atoms with Gasteiger partial charge in [-0.15, -0.1) is 4.33 Å². The molecule has 4 aliphatic heterocycles. The number of carboxylic acids is 2. The van der Waals surface area contributed by atoms with Crippen LogP contribution < -0.4 is 31.4 Å². The van der Waals surface area contributed by atoms with Crippen molar-refractivity contribution in [1.29, 1.82) is 0 Å². The summed E-state index contributed by atoms with van der Waals surface area (Å²) in [5.74, 6) is -7.72. The van der Waals surface area contributed by atoms with Gasteiger partial charge in [-0.3, -0.25) is 32.2 Å². The third kappa shape index (κ3) is 15.6. The summed E-state index contributed by atoms with van der Waals surface area (Å²) in [4.78, 5) is 54.7. The first kappa shape index (κ1) is 59.8. The number of hydrogen-bond acceptors (Lipinski definition) is 33. The number of aliphatic hydroxyl groups is 4. The van der Waals surface area contributed by atoms with Crippen LogP contribution in [0.25, 0.3) is 0 Å². The summed E-state index contributed by atoms with van der Waals surface area (Å²) in [6, 6.07) is -3.50. The molecule has 0 aromatic carbocycles. The summed E-state index contributed by atoms with van der Waals surface area (Å²) >= 11 is -0.183. The maximum absolute atomic E-state index is 12.9. The second-order valence-electron chi connectivity index (χ2n) is 16.8. The van der Waals surface area contributed by atoms with Gasteiger partial charge in [-0.25, -0.2) is 21.7 Å². The van der Waals surface area contributed by atoms with E-state index >= 15 is 0 Å². The van der Waals surface area contributed by atoms with E-state index in [1.54, 1.807) is 20.8 Å². The quantitative estimate of drug-likeness (QED) is 0.0146. The monoisotopic (exact) mass is 1080 g/mol. The summed E-state index contributed by atoms with van der Waals surface area (Å²) in [6.07, 6.45) is -36.6. The number of ether oxygens (including phenoxy) is 7. The minimum Gasteiger partial charge on any atom is -0.726 e. The fourth-order valence-corrected chi connectivity index (χ4v) is 8.81. The van der Waals surface area contributed by atoms with Gasteiger partial charge in [0.05, 0.1) is 43.4 Å². The van der Waals surface area contributed by atoms with E-state index in [4.69, 9.17) is 37.3 Å². The van der Waals surface area contributed by atoms with Gasteiger partial charge in [0.15, 0.2) is 31.2 Å². The fraction of sp³-hybridized carbons (Fsp3) is 0.879. The Balaban J connectivity index is 1.79. The number of amides is 2. The molecule has 37 heteroatoms. The molecule has 0 aromatic heterocycles. The average Bonchev–Trinajstić information content (AvgIpc) is 3.23. The Bertz CT molecular complexity index is 2000. The number of carbonyl (C=O) groups excluding carboxylic acids is 4. The first-order valence-electron chi connectivity index (χ1n) is 20.1. The van der Waals surface area contributed by atoms with Gasteiger partial charge in [0.2, 0.25) is 32.6 Å². The number of carbonyl (C=O) groups is 4. The van der Waals surface area contributed by atoms with Gasteiger partial charge in [-0.05, 0) is 5.41 Å². The summed E-state index contributed by atoms with van der Waals surface area (Å²) in [5.41, 5.74) is -1.03. The smallest absolute Gasteiger partial charge is 0.217 e. The zero-order chi connectivity index (χ0) is 52.8. The largest absolute Gasteiger partial charge is 0.726 e. The van der Waals surface area contributed by atoms with Gasteiger partial charge in [-0.1, -0.05) is 27.7 Å². The van der Waals surface area contributed by atoms with E-state index in [1.807, 2.05) is 0 Å². The molecule has 4 aliphatic rings. The molecule has 4 rings (SSSR count). The van der Waals surface area contributed by atoms with Crippen LogP contribution in [-0.4, -0.2) is 200 Å².